The standard InChI is InChI=1S/C15H21N5S/c1-2-5-9(4-1)13-17-18-15-20(13)19-14(21-15)12-11-7-3-6-10(11)8-16-12/h9-12,16H,1-8H2. The lowest BCUT2D eigenvalue weighted by Gasteiger charge is -2.14. The van der Waals surface area contributed by atoms with E-state index in [0.717, 1.165) is 22.6 Å². The van der Waals surface area contributed by atoms with E-state index in [9.17, 15) is 0 Å². The van der Waals surface area contributed by atoms with Gasteiger partial charge in [-0.3, -0.25) is 0 Å². The summed E-state index contributed by atoms with van der Waals surface area (Å²) >= 11 is 1.74. The molecule has 3 unspecified atom stereocenters. The molecule has 3 aliphatic rings. The second-order valence-electron chi connectivity index (χ2n) is 6.92. The molecule has 2 saturated carbocycles. The summed E-state index contributed by atoms with van der Waals surface area (Å²) in [5.74, 6) is 3.35. The molecule has 0 bridgehead atoms. The van der Waals surface area contributed by atoms with Gasteiger partial charge in [0.1, 0.15) is 5.01 Å². The van der Waals surface area contributed by atoms with Crippen LogP contribution in [-0.2, 0) is 0 Å². The van der Waals surface area contributed by atoms with Crippen molar-refractivity contribution in [2.45, 2.75) is 56.9 Å². The van der Waals surface area contributed by atoms with Gasteiger partial charge in [0.05, 0.1) is 6.04 Å². The molecule has 5 nitrogen and oxygen atoms in total. The lowest BCUT2D eigenvalue weighted by atomic mass is 9.94. The molecule has 3 heterocycles. The van der Waals surface area contributed by atoms with E-state index in [1.165, 1.54) is 56.5 Å². The summed E-state index contributed by atoms with van der Waals surface area (Å²) in [5.41, 5.74) is 0. The van der Waals surface area contributed by atoms with Crippen LogP contribution in [0, 0.1) is 11.8 Å². The molecule has 5 rings (SSSR count). The minimum Gasteiger partial charge on any atom is -0.307 e. The Hall–Kier alpha value is -1.01. The maximum atomic E-state index is 4.91. The lowest BCUT2D eigenvalue weighted by molar-refractivity contribution is 0.417. The lowest BCUT2D eigenvalue weighted by Crippen LogP contribution is -2.18. The second-order valence-corrected chi connectivity index (χ2v) is 7.90. The zero-order valence-corrected chi connectivity index (χ0v) is 13.0. The fraction of sp³-hybridized carbons (Fsp3) is 0.800. The highest BCUT2D eigenvalue weighted by atomic mass is 32.1. The van der Waals surface area contributed by atoms with Gasteiger partial charge >= 0.3 is 0 Å². The first-order valence-corrected chi connectivity index (χ1v) is 9.17. The molecule has 3 atom stereocenters. The third-order valence-corrected chi connectivity index (χ3v) is 6.74. The number of nitrogens with one attached hydrogen (secondary N) is 1. The third kappa shape index (κ3) is 1.88. The van der Waals surface area contributed by atoms with E-state index in [1.807, 2.05) is 4.52 Å². The molecule has 3 fully saturated rings. The van der Waals surface area contributed by atoms with E-state index >= 15 is 0 Å². The number of hydrogen-bond donors (Lipinski definition) is 1. The molecule has 1 N–H and O–H groups in total. The Morgan fingerprint density at radius 1 is 1.05 bits per heavy atom. The summed E-state index contributed by atoms with van der Waals surface area (Å²) in [6, 6.07) is 0.459. The Kier molecular flexibility index (Phi) is 2.83. The molecule has 2 aromatic rings. The van der Waals surface area contributed by atoms with Crippen molar-refractivity contribution in [2.75, 3.05) is 6.54 Å². The predicted molar refractivity (Wildman–Crippen MR) is 81.4 cm³/mol. The van der Waals surface area contributed by atoms with Crippen LogP contribution in [0.2, 0.25) is 0 Å². The maximum Gasteiger partial charge on any atom is 0.234 e. The monoisotopic (exact) mass is 303 g/mol. The van der Waals surface area contributed by atoms with Gasteiger partial charge in [-0.2, -0.15) is 9.61 Å². The van der Waals surface area contributed by atoms with Crippen LogP contribution in [0.25, 0.3) is 4.96 Å². The van der Waals surface area contributed by atoms with Crippen molar-refractivity contribution < 1.29 is 0 Å². The molecular formula is C15H21N5S. The molecule has 1 aliphatic heterocycles. The fourth-order valence-corrected chi connectivity index (χ4v) is 5.67. The minimum atomic E-state index is 0.459. The summed E-state index contributed by atoms with van der Waals surface area (Å²) in [6.07, 6.45) is 9.30. The molecule has 112 valence electrons. The van der Waals surface area contributed by atoms with Gasteiger partial charge in [-0.25, -0.2) is 0 Å². The first kappa shape index (κ1) is 12.5. The highest BCUT2D eigenvalue weighted by Crippen LogP contribution is 2.45. The van der Waals surface area contributed by atoms with Crippen molar-refractivity contribution in [1.29, 1.82) is 0 Å². The molecule has 0 amide bonds. The average molecular weight is 303 g/mol. The van der Waals surface area contributed by atoms with Crippen LogP contribution in [0.15, 0.2) is 0 Å². The van der Waals surface area contributed by atoms with Crippen LogP contribution < -0.4 is 5.32 Å². The highest BCUT2D eigenvalue weighted by molar-refractivity contribution is 7.16. The zero-order valence-electron chi connectivity index (χ0n) is 12.2. The highest BCUT2D eigenvalue weighted by Gasteiger charge is 2.41. The number of fused-ring (bicyclic) bond motifs is 2. The van der Waals surface area contributed by atoms with Crippen molar-refractivity contribution in [3.63, 3.8) is 0 Å². The van der Waals surface area contributed by atoms with Crippen LogP contribution in [0.3, 0.4) is 0 Å². The largest absolute Gasteiger partial charge is 0.307 e. The van der Waals surface area contributed by atoms with Gasteiger partial charge in [0, 0.05) is 5.92 Å². The summed E-state index contributed by atoms with van der Waals surface area (Å²) in [4.78, 5) is 0.982. The Labute approximate surface area is 128 Å². The summed E-state index contributed by atoms with van der Waals surface area (Å²) in [6.45, 7) is 1.17. The maximum absolute atomic E-state index is 4.91. The molecule has 21 heavy (non-hydrogen) atoms. The first-order chi connectivity index (χ1) is 10.4. The van der Waals surface area contributed by atoms with Gasteiger partial charge in [-0.1, -0.05) is 30.6 Å². The molecule has 2 aliphatic carbocycles. The summed E-state index contributed by atoms with van der Waals surface area (Å²) in [7, 11) is 0. The third-order valence-electron chi connectivity index (χ3n) is 5.76. The molecule has 6 heteroatoms. The van der Waals surface area contributed by atoms with Crippen LogP contribution in [0.4, 0.5) is 0 Å². The Bertz CT molecular complexity index is 656. The van der Waals surface area contributed by atoms with E-state index < -0.39 is 0 Å². The van der Waals surface area contributed by atoms with Gasteiger partial charge in [0.15, 0.2) is 5.82 Å². The van der Waals surface area contributed by atoms with Gasteiger partial charge in [-0.05, 0) is 44.1 Å². The second kappa shape index (κ2) is 4.74. The van der Waals surface area contributed by atoms with Gasteiger partial charge in [-0.15, -0.1) is 10.2 Å². The molecule has 2 aromatic heterocycles. The number of aromatic nitrogens is 4. The zero-order chi connectivity index (χ0) is 13.8. The van der Waals surface area contributed by atoms with E-state index in [2.05, 4.69) is 15.5 Å². The first-order valence-electron chi connectivity index (χ1n) is 8.35. The van der Waals surface area contributed by atoms with Crippen molar-refractivity contribution in [3.8, 4) is 0 Å². The topological polar surface area (TPSA) is 55.1 Å². The van der Waals surface area contributed by atoms with E-state index in [0.29, 0.717) is 12.0 Å². The van der Waals surface area contributed by atoms with Gasteiger partial charge < -0.3 is 5.32 Å². The molecule has 0 radical (unpaired) electrons. The van der Waals surface area contributed by atoms with Crippen molar-refractivity contribution in [2.24, 2.45) is 11.8 Å². The number of nitrogens with zero attached hydrogens (tertiary/aromatic N) is 4. The summed E-state index contributed by atoms with van der Waals surface area (Å²) < 4.78 is 2.04. The van der Waals surface area contributed by atoms with Gasteiger partial charge in [0.25, 0.3) is 0 Å². The SMILES string of the molecule is C1CCC(c2nnc3sc(C4NCC5CCCC54)nn23)C1. The molecule has 0 aromatic carbocycles. The molecular weight excluding hydrogens is 282 g/mol. The van der Waals surface area contributed by atoms with Crippen LogP contribution in [0.5, 0.6) is 0 Å². The number of rotatable bonds is 2. The smallest absolute Gasteiger partial charge is 0.234 e. The Morgan fingerprint density at radius 2 is 1.95 bits per heavy atom. The van der Waals surface area contributed by atoms with Crippen molar-refractivity contribution >= 4 is 16.3 Å². The normalized spacial score (nSPS) is 33.2. The summed E-state index contributed by atoms with van der Waals surface area (Å²) in [5, 5.41) is 18.6. The average Bonchev–Trinajstić information content (AvgIpc) is 3.24. The Balaban J connectivity index is 1.50. The van der Waals surface area contributed by atoms with E-state index in [4.69, 9.17) is 5.10 Å². The van der Waals surface area contributed by atoms with Crippen LogP contribution in [0.1, 0.15) is 67.7 Å². The molecule has 1 saturated heterocycles. The predicted octanol–water partition coefficient (Wildman–Crippen LogP) is 2.90. The minimum absolute atomic E-state index is 0.459. The molecule has 0 spiro atoms. The fourth-order valence-electron chi connectivity index (χ4n) is 4.67. The number of hydrogen-bond acceptors (Lipinski definition) is 5. The van der Waals surface area contributed by atoms with Crippen LogP contribution in [-0.4, -0.2) is 26.4 Å². The van der Waals surface area contributed by atoms with E-state index in [1.54, 1.807) is 11.3 Å². The van der Waals surface area contributed by atoms with E-state index in [-0.39, 0.29) is 0 Å². The van der Waals surface area contributed by atoms with Crippen LogP contribution >= 0.6 is 11.3 Å². The Morgan fingerprint density at radius 3 is 2.86 bits per heavy atom. The van der Waals surface area contributed by atoms with Crippen molar-refractivity contribution in [1.82, 2.24) is 25.1 Å². The van der Waals surface area contributed by atoms with Gasteiger partial charge in [0.2, 0.25) is 4.96 Å². The quantitative estimate of drug-likeness (QED) is 0.927. The van der Waals surface area contributed by atoms with Crippen molar-refractivity contribution in [3.05, 3.63) is 10.8 Å².